The third-order valence-corrected chi connectivity index (χ3v) is 5.01. The summed E-state index contributed by atoms with van der Waals surface area (Å²) in [5.41, 5.74) is 4.45. The van der Waals surface area contributed by atoms with Crippen LogP contribution < -0.4 is 0 Å². The number of aromatic nitrogens is 1. The van der Waals surface area contributed by atoms with Gasteiger partial charge in [0, 0.05) is 32.3 Å². The minimum Gasteiger partial charge on any atom is -0.289 e. The molecule has 0 saturated heterocycles. The van der Waals surface area contributed by atoms with Crippen LogP contribution in [0.4, 0.5) is 0 Å². The number of ketones is 1. The lowest BCUT2D eigenvalue weighted by Gasteiger charge is -2.15. The number of halogens is 2. The first-order chi connectivity index (χ1) is 13.0. The monoisotopic (exact) mass is 391 g/mol. The van der Waals surface area contributed by atoms with E-state index in [1.807, 2.05) is 55.5 Å². The van der Waals surface area contributed by atoms with Crippen molar-refractivity contribution in [3.05, 3.63) is 99.7 Å². The van der Waals surface area contributed by atoms with Crippen LogP contribution in [0.1, 0.15) is 21.6 Å². The Morgan fingerprint density at radius 1 is 0.852 bits per heavy atom. The zero-order valence-corrected chi connectivity index (χ0v) is 16.1. The summed E-state index contributed by atoms with van der Waals surface area (Å²) in [5.74, 6) is -0.0857. The van der Waals surface area contributed by atoms with E-state index in [1.165, 1.54) is 0 Å². The second-order valence-corrected chi connectivity index (χ2v) is 7.18. The van der Waals surface area contributed by atoms with Crippen molar-refractivity contribution in [3.8, 4) is 11.1 Å². The number of pyridine rings is 1. The number of carbonyl (C=O) groups excluding carboxylic acids is 1. The maximum absolute atomic E-state index is 13.4. The predicted octanol–water partition coefficient (Wildman–Crippen LogP) is 6.75. The van der Waals surface area contributed by atoms with Gasteiger partial charge in [-0.15, -0.1) is 0 Å². The maximum atomic E-state index is 13.4. The lowest BCUT2D eigenvalue weighted by Crippen LogP contribution is -2.08. The number of benzene rings is 3. The molecular weight excluding hydrogens is 377 g/mol. The average Bonchev–Trinajstić information content (AvgIpc) is 2.68. The Bertz CT molecular complexity index is 1150. The van der Waals surface area contributed by atoms with Crippen molar-refractivity contribution >= 4 is 39.9 Å². The van der Waals surface area contributed by atoms with Gasteiger partial charge in [-0.2, -0.15) is 0 Å². The predicted molar refractivity (Wildman–Crippen MR) is 112 cm³/mol. The molecule has 0 aliphatic carbocycles. The Labute approximate surface area is 167 Å². The van der Waals surface area contributed by atoms with Crippen molar-refractivity contribution in [1.29, 1.82) is 0 Å². The summed E-state index contributed by atoms with van der Waals surface area (Å²) in [7, 11) is 0. The van der Waals surface area contributed by atoms with Crippen LogP contribution in [0.2, 0.25) is 10.0 Å². The third-order valence-electron chi connectivity index (χ3n) is 4.52. The number of carbonyl (C=O) groups is 1. The van der Waals surface area contributed by atoms with Gasteiger partial charge in [0.2, 0.25) is 0 Å². The molecule has 0 atom stereocenters. The summed E-state index contributed by atoms with van der Waals surface area (Å²) in [6.07, 6.45) is 0. The number of hydrogen-bond acceptors (Lipinski definition) is 2. The molecule has 1 heterocycles. The molecule has 0 saturated carbocycles. The molecule has 3 aromatic carbocycles. The minimum atomic E-state index is -0.0857. The van der Waals surface area contributed by atoms with Crippen LogP contribution in [0.15, 0.2) is 72.8 Å². The van der Waals surface area contributed by atoms with Crippen LogP contribution in [0.5, 0.6) is 0 Å². The van der Waals surface area contributed by atoms with E-state index in [9.17, 15) is 4.79 Å². The Morgan fingerprint density at radius 3 is 2.22 bits per heavy atom. The molecule has 4 heteroatoms. The molecule has 2 nitrogen and oxygen atoms in total. The smallest absolute Gasteiger partial charge is 0.195 e. The van der Waals surface area contributed by atoms with E-state index in [4.69, 9.17) is 23.2 Å². The van der Waals surface area contributed by atoms with E-state index < -0.39 is 0 Å². The van der Waals surface area contributed by atoms with Gasteiger partial charge < -0.3 is 0 Å². The van der Waals surface area contributed by atoms with Gasteiger partial charge in [-0.1, -0.05) is 53.5 Å². The quantitative estimate of drug-likeness (QED) is 0.361. The minimum absolute atomic E-state index is 0.0857. The SMILES string of the molecule is Cc1nc2ccc(Cl)cc2c(-c2ccccc2)c1C(=O)c1ccc(Cl)cc1. The van der Waals surface area contributed by atoms with Crippen LogP contribution in [0.3, 0.4) is 0 Å². The van der Waals surface area contributed by atoms with Gasteiger partial charge in [0.05, 0.1) is 11.1 Å². The van der Waals surface area contributed by atoms with Gasteiger partial charge in [0.1, 0.15) is 0 Å². The molecule has 0 bridgehead atoms. The van der Waals surface area contributed by atoms with E-state index in [0.717, 1.165) is 22.0 Å². The van der Waals surface area contributed by atoms with Crippen molar-refractivity contribution in [1.82, 2.24) is 4.98 Å². The first-order valence-corrected chi connectivity index (χ1v) is 9.26. The zero-order chi connectivity index (χ0) is 19.0. The van der Waals surface area contributed by atoms with Gasteiger partial charge in [0.15, 0.2) is 5.78 Å². The van der Waals surface area contributed by atoms with Gasteiger partial charge in [-0.05, 0) is 55.0 Å². The largest absolute Gasteiger partial charge is 0.289 e. The molecule has 0 N–H and O–H groups in total. The summed E-state index contributed by atoms with van der Waals surface area (Å²) in [5, 5.41) is 2.06. The fourth-order valence-electron chi connectivity index (χ4n) is 3.29. The number of nitrogens with zero attached hydrogens (tertiary/aromatic N) is 1. The van der Waals surface area contributed by atoms with Crippen molar-refractivity contribution in [2.75, 3.05) is 0 Å². The van der Waals surface area contributed by atoms with Gasteiger partial charge in [-0.3, -0.25) is 9.78 Å². The highest BCUT2D eigenvalue weighted by atomic mass is 35.5. The van der Waals surface area contributed by atoms with Crippen molar-refractivity contribution in [2.45, 2.75) is 6.92 Å². The fraction of sp³-hybridized carbons (Fsp3) is 0.0435. The highest BCUT2D eigenvalue weighted by Gasteiger charge is 2.21. The molecule has 0 radical (unpaired) electrons. The van der Waals surface area contributed by atoms with Crippen molar-refractivity contribution < 1.29 is 4.79 Å². The van der Waals surface area contributed by atoms with E-state index in [-0.39, 0.29) is 5.78 Å². The number of aryl methyl sites for hydroxylation is 1. The molecule has 0 amide bonds. The Hall–Kier alpha value is -2.68. The molecule has 0 aliphatic heterocycles. The fourth-order valence-corrected chi connectivity index (χ4v) is 3.58. The molecule has 0 aliphatic rings. The summed E-state index contributed by atoms with van der Waals surface area (Å²) in [6.45, 7) is 1.86. The third kappa shape index (κ3) is 3.34. The van der Waals surface area contributed by atoms with Gasteiger partial charge in [-0.25, -0.2) is 0 Å². The van der Waals surface area contributed by atoms with E-state index in [1.54, 1.807) is 24.3 Å². The Morgan fingerprint density at radius 2 is 1.52 bits per heavy atom. The summed E-state index contributed by atoms with van der Waals surface area (Å²) >= 11 is 12.2. The molecule has 0 spiro atoms. The second kappa shape index (κ2) is 7.15. The normalized spacial score (nSPS) is 10.9. The van der Waals surface area contributed by atoms with Crippen LogP contribution in [-0.2, 0) is 0 Å². The molecule has 0 fully saturated rings. The Kier molecular flexibility index (Phi) is 4.69. The second-order valence-electron chi connectivity index (χ2n) is 6.31. The summed E-state index contributed by atoms with van der Waals surface area (Å²) in [6, 6.07) is 22.3. The van der Waals surface area contributed by atoms with Gasteiger partial charge >= 0.3 is 0 Å². The first kappa shape index (κ1) is 17.7. The average molecular weight is 392 g/mol. The molecular formula is C23H15Cl2NO. The van der Waals surface area contributed by atoms with E-state index in [2.05, 4.69) is 4.98 Å². The number of rotatable bonds is 3. The molecule has 4 aromatic rings. The lowest BCUT2D eigenvalue weighted by atomic mass is 9.90. The summed E-state index contributed by atoms with van der Waals surface area (Å²) in [4.78, 5) is 18.0. The highest BCUT2D eigenvalue weighted by Crippen LogP contribution is 2.35. The van der Waals surface area contributed by atoms with E-state index >= 15 is 0 Å². The molecule has 132 valence electrons. The number of hydrogen-bond donors (Lipinski definition) is 0. The maximum Gasteiger partial charge on any atom is 0.195 e. The molecule has 0 unspecified atom stereocenters. The molecule has 4 rings (SSSR count). The zero-order valence-electron chi connectivity index (χ0n) is 14.5. The van der Waals surface area contributed by atoms with Crippen LogP contribution in [-0.4, -0.2) is 10.8 Å². The molecule has 27 heavy (non-hydrogen) atoms. The van der Waals surface area contributed by atoms with Crippen LogP contribution in [0.25, 0.3) is 22.0 Å². The standard InChI is InChI=1S/C23H15Cl2NO/c1-14-21(23(27)16-7-9-17(24)10-8-16)22(15-5-3-2-4-6-15)19-13-18(25)11-12-20(19)26-14/h2-13H,1H3. The van der Waals surface area contributed by atoms with Crippen LogP contribution >= 0.6 is 23.2 Å². The summed E-state index contributed by atoms with van der Waals surface area (Å²) < 4.78 is 0. The lowest BCUT2D eigenvalue weighted by molar-refractivity contribution is 0.103. The molecule has 1 aromatic heterocycles. The first-order valence-electron chi connectivity index (χ1n) is 8.50. The topological polar surface area (TPSA) is 30.0 Å². The number of fused-ring (bicyclic) bond motifs is 1. The Balaban J connectivity index is 2.06. The van der Waals surface area contributed by atoms with Gasteiger partial charge in [0.25, 0.3) is 0 Å². The van der Waals surface area contributed by atoms with Crippen molar-refractivity contribution in [3.63, 3.8) is 0 Å². The van der Waals surface area contributed by atoms with Crippen LogP contribution in [0, 0.1) is 6.92 Å². The van der Waals surface area contributed by atoms with Crippen molar-refractivity contribution in [2.24, 2.45) is 0 Å². The van der Waals surface area contributed by atoms with E-state index in [0.29, 0.717) is 26.9 Å². The highest BCUT2D eigenvalue weighted by molar-refractivity contribution is 6.32.